The fraction of sp³-hybridized carbons (Fsp3) is 0.286. The van der Waals surface area contributed by atoms with Crippen LogP contribution in [0.4, 0.5) is 0 Å². The van der Waals surface area contributed by atoms with Gasteiger partial charge in [0.1, 0.15) is 5.75 Å². The normalized spacial score (nSPS) is 11.5. The molecule has 0 bridgehead atoms. The standard InChI is InChI=1S/C21H23N3O2/c1-13-18(10-15-9-17(25)12-22-19(15)24-13)20(26)23-11-14-5-7-16(8-6-14)21(2,3)4/h5-10,12,25H,11H2,1-4H3,(H,23,26). The number of nitrogens with one attached hydrogen (secondary N) is 1. The number of aryl methyl sites for hydroxylation is 1. The van der Waals surface area contributed by atoms with E-state index in [-0.39, 0.29) is 17.1 Å². The van der Waals surface area contributed by atoms with Gasteiger partial charge in [0, 0.05) is 11.9 Å². The fourth-order valence-electron chi connectivity index (χ4n) is 2.77. The first-order chi connectivity index (χ1) is 12.2. The summed E-state index contributed by atoms with van der Waals surface area (Å²) in [5.41, 5.74) is 4.00. The molecule has 0 radical (unpaired) electrons. The molecule has 0 saturated carbocycles. The Balaban J connectivity index is 1.76. The van der Waals surface area contributed by atoms with Crippen molar-refractivity contribution < 1.29 is 9.90 Å². The molecule has 0 unspecified atom stereocenters. The van der Waals surface area contributed by atoms with Crippen LogP contribution in [0.15, 0.2) is 42.6 Å². The van der Waals surface area contributed by atoms with Crippen LogP contribution in [0.2, 0.25) is 0 Å². The van der Waals surface area contributed by atoms with Crippen LogP contribution in [0.3, 0.4) is 0 Å². The molecule has 3 rings (SSSR count). The van der Waals surface area contributed by atoms with E-state index in [1.165, 1.54) is 11.8 Å². The third-order valence-corrected chi connectivity index (χ3v) is 4.36. The highest BCUT2D eigenvalue weighted by Gasteiger charge is 2.14. The zero-order valence-corrected chi connectivity index (χ0v) is 15.5. The van der Waals surface area contributed by atoms with Crippen molar-refractivity contribution in [2.75, 3.05) is 0 Å². The first-order valence-corrected chi connectivity index (χ1v) is 8.58. The predicted molar refractivity (Wildman–Crippen MR) is 102 cm³/mol. The summed E-state index contributed by atoms with van der Waals surface area (Å²) < 4.78 is 0. The number of rotatable bonds is 3. The number of aromatic hydroxyl groups is 1. The lowest BCUT2D eigenvalue weighted by molar-refractivity contribution is 0.0950. The van der Waals surface area contributed by atoms with Gasteiger partial charge in [-0.05, 0) is 35.6 Å². The van der Waals surface area contributed by atoms with Crippen LogP contribution >= 0.6 is 0 Å². The van der Waals surface area contributed by atoms with Crippen LogP contribution in [-0.4, -0.2) is 21.0 Å². The van der Waals surface area contributed by atoms with Crippen LogP contribution in [0.5, 0.6) is 5.75 Å². The van der Waals surface area contributed by atoms with Crippen LogP contribution in [0.25, 0.3) is 11.0 Å². The maximum absolute atomic E-state index is 12.6. The number of carbonyl (C=O) groups excluding carboxylic acids is 1. The van der Waals surface area contributed by atoms with Gasteiger partial charge in [0.2, 0.25) is 0 Å². The lowest BCUT2D eigenvalue weighted by Crippen LogP contribution is -2.24. The fourth-order valence-corrected chi connectivity index (χ4v) is 2.77. The van der Waals surface area contributed by atoms with Crippen molar-refractivity contribution in [3.05, 3.63) is 65.0 Å². The minimum absolute atomic E-state index is 0.0495. The average molecular weight is 349 g/mol. The quantitative estimate of drug-likeness (QED) is 0.753. The van der Waals surface area contributed by atoms with E-state index in [2.05, 4.69) is 48.2 Å². The molecule has 0 aliphatic carbocycles. The van der Waals surface area contributed by atoms with Gasteiger partial charge in [-0.1, -0.05) is 45.0 Å². The van der Waals surface area contributed by atoms with Crippen LogP contribution in [0.1, 0.15) is 48.0 Å². The SMILES string of the molecule is Cc1nc2ncc(O)cc2cc1C(=O)NCc1ccc(C(C)(C)C)cc1. The van der Waals surface area contributed by atoms with Gasteiger partial charge in [0.05, 0.1) is 17.5 Å². The van der Waals surface area contributed by atoms with Crippen molar-refractivity contribution in [3.8, 4) is 5.75 Å². The van der Waals surface area contributed by atoms with Gasteiger partial charge < -0.3 is 10.4 Å². The summed E-state index contributed by atoms with van der Waals surface area (Å²) in [6.07, 6.45) is 1.34. The second-order valence-corrected chi connectivity index (χ2v) is 7.49. The summed E-state index contributed by atoms with van der Waals surface area (Å²) in [4.78, 5) is 21.0. The molecular formula is C21H23N3O2. The summed E-state index contributed by atoms with van der Waals surface area (Å²) >= 11 is 0. The van der Waals surface area contributed by atoms with Gasteiger partial charge in [0.15, 0.2) is 5.65 Å². The summed E-state index contributed by atoms with van der Waals surface area (Å²) in [5.74, 6) is -0.145. The number of nitrogens with zero attached hydrogens (tertiary/aromatic N) is 2. The number of hydrogen-bond donors (Lipinski definition) is 2. The topological polar surface area (TPSA) is 75.1 Å². The first-order valence-electron chi connectivity index (χ1n) is 8.58. The van der Waals surface area contributed by atoms with E-state index in [0.29, 0.717) is 28.8 Å². The van der Waals surface area contributed by atoms with E-state index in [1.54, 1.807) is 19.1 Å². The van der Waals surface area contributed by atoms with E-state index >= 15 is 0 Å². The molecule has 26 heavy (non-hydrogen) atoms. The Bertz CT molecular complexity index is 957. The second-order valence-electron chi connectivity index (χ2n) is 7.49. The summed E-state index contributed by atoms with van der Waals surface area (Å²) in [7, 11) is 0. The smallest absolute Gasteiger partial charge is 0.253 e. The van der Waals surface area contributed by atoms with E-state index in [9.17, 15) is 9.90 Å². The van der Waals surface area contributed by atoms with Gasteiger partial charge in [-0.25, -0.2) is 9.97 Å². The molecule has 2 N–H and O–H groups in total. The maximum Gasteiger partial charge on any atom is 0.253 e. The third kappa shape index (κ3) is 3.82. The molecule has 134 valence electrons. The highest BCUT2D eigenvalue weighted by atomic mass is 16.3. The first kappa shape index (κ1) is 17.9. The van der Waals surface area contributed by atoms with E-state index < -0.39 is 0 Å². The molecule has 2 heterocycles. The second kappa shape index (κ2) is 6.75. The molecule has 2 aromatic heterocycles. The van der Waals surface area contributed by atoms with Gasteiger partial charge in [-0.15, -0.1) is 0 Å². The van der Waals surface area contributed by atoms with Crippen LogP contribution in [0, 0.1) is 6.92 Å². The van der Waals surface area contributed by atoms with Crippen molar-refractivity contribution in [1.82, 2.24) is 15.3 Å². The number of pyridine rings is 2. The Kier molecular flexibility index (Phi) is 4.64. The summed E-state index contributed by atoms with van der Waals surface area (Å²) in [6.45, 7) is 8.74. The zero-order chi connectivity index (χ0) is 18.9. The van der Waals surface area contributed by atoms with E-state index in [1.807, 2.05) is 12.1 Å². The highest BCUT2D eigenvalue weighted by Crippen LogP contribution is 2.22. The lowest BCUT2D eigenvalue weighted by Gasteiger charge is -2.19. The number of fused-ring (bicyclic) bond motifs is 1. The molecule has 0 aliphatic heterocycles. The molecule has 0 fully saturated rings. The minimum Gasteiger partial charge on any atom is -0.506 e. The predicted octanol–water partition coefficient (Wildman–Crippen LogP) is 3.87. The monoisotopic (exact) mass is 349 g/mol. The third-order valence-electron chi connectivity index (χ3n) is 4.36. The summed E-state index contributed by atoms with van der Waals surface area (Å²) in [6, 6.07) is 11.5. The molecule has 0 atom stereocenters. The Morgan fingerprint density at radius 2 is 1.85 bits per heavy atom. The van der Waals surface area contributed by atoms with Crippen molar-refractivity contribution in [2.45, 2.75) is 39.7 Å². The van der Waals surface area contributed by atoms with Crippen LogP contribution < -0.4 is 5.32 Å². The number of carbonyl (C=O) groups is 1. The molecule has 5 nitrogen and oxygen atoms in total. The molecule has 1 amide bonds. The van der Waals surface area contributed by atoms with E-state index in [0.717, 1.165) is 5.56 Å². The van der Waals surface area contributed by atoms with Crippen molar-refractivity contribution in [1.29, 1.82) is 0 Å². The van der Waals surface area contributed by atoms with Crippen molar-refractivity contribution >= 4 is 16.9 Å². The molecule has 1 aromatic carbocycles. The molecule has 3 aromatic rings. The molecule has 5 heteroatoms. The molecule has 0 saturated heterocycles. The Morgan fingerprint density at radius 1 is 1.15 bits per heavy atom. The highest BCUT2D eigenvalue weighted by molar-refractivity contribution is 5.98. The molecule has 0 spiro atoms. The lowest BCUT2D eigenvalue weighted by atomic mass is 9.87. The Labute approximate surface area is 153 Å². The van der Waals surface area contributed by atoms with Gasteiger partial charge in [0.25, 0.3) is 5.91 Å². The van der Waals surface area contributed by atoms with Crippen molar-refractivity contribution in [2.24, 2.45) is 0 Å². The summed E-state index contributed by atoms with van der Waals surface area (Å²) in [5, 5.41) is 13.1. The Morgan fingerprint density at radius 3 is 2.50 bits per heavy atom. The van der Waals surface area contributed by atoms with Gasteiger partial charge in [-0.3, -0.25) is 4.79 Å². The van der Waals surface area contributed by atoms with E-state index in [4.69, 9.17) is 0 Å². The minimum atomic E-state index is -0.194. The van der Waals surface area contributed by atoms with Gasteiger partial charge in [-0.2, -0.15) is 0 Å². The number of hydrogen-bond acceptors (Lipinski definition) is 4. The molecular weight excluding hydrogens is 326 g/mol. The van der Waals surface area contributed by atoms with Crippen LogP contribution in [-0.2, 0) is 12.0 Å². The number of benzene rings is 1. The zero-order valence-electron chi connectivity index (χ0n) is 15.5. The molecule has 0 aliphatic rings. The average Bonchev–Trinajstić information content (AvgIpc) is 2.59. The largest absolute Gasteiger partial charge is 0.506 e. The van der Waals surface area contributed by atoms with Gasteiger partial charge >= 0.3 is 0 Å². The maximum atomic E-state index is 12.6. The van der Waals surface area contributed by atoms with Crippen molar-refractivity contribution in [3.63, 3.8) is 0 Å². The number of amides is 1. The Hall–Kier alpha value is -2.95. The number of aromatic nitrogens is 2.